The number of halogens is 2. The van der Waals surface area contributed by atoms with Crippen molar-refractivity contribution < 1.29 is 9.53 Å². The molecule has 1 aromatic rings. The highest BCUT2D eigenvalue weighted by atomic mass is 35.5. The number of morpholine rings is 1. The van der Waals surface area contributed by atoms with Crippen LogP contribution in [0, 0.1) is 0 Å². The molecule has 1 saturated heterocycles. The number of amides is 1. The maximum Gasteiger partial charge on any atom is 0.246 e. The molecule has 0 aliphatic carbocycles. The third kappa shape index (κ3) is 3.25. The number of carbonyl (C=O) groups is 1. The molecule has 18 heavy (non-hydrogen) atoms. The van der Waals surface area contributed by atoms with E-state index in [0.29, 0.717) is 36.3 Å². The van der Waals surface area contributed by atoms with E-state index in [0.717, 1.165) is 5.56 Å². The minimum atomic E-state index is -0.0330. The molecule has 1 heterocycles. The van der Waals surface area contributed by atoms with Crippen molar-refractivity contribution in [1.82, 2.24) is 4.90 Å². The Morgan fingerprint density at radius 2 is 2.00 bits per heavy atom. The third-order valence-electron chi connectivity index (χ3n) is 2.71. The van der Waals surface area contributed by atoms with Crippen molar-refractivity contribution in [2.24, 2.45) is 0 Å². The van der Waals surface area contributed by atoms with Crippen molar-refractivity contribution in [2.45, 2.75) is 0 Å². The Hall–Kier alpha value is -1.03. The lowest BCUT2D eigenvalue weighted by molar-refractivity contribution is -0.129. The van der Waals surface area contributed by atoms with Gasteiger partial charge in [0.2, 0.25) is 5.91 Å². The summed E-state index contributed by atoms with van der Waals surface area (Å²) in [6.07, 6.45) is 3.20. The molecular weight excluding hydrogens is 273 g/mol. The molecule has 0 aromatic heterocycles. The molecule has 1 amide bonds. The van der Waals surface area contributed by atoms with Gasteiger partial charge in [0, 0.05) is 19.2 Å². The summed E-state index contributed by atoms with van der Waals surface area (Å²) in [4.78, 5) is 13.6. The van der Waals surface area contributed by atoms with Crippen molar-refractivity contribution in [1.29, 1.82) is 0 Å². The normalized spacial score (nSPS) is 16.2. The molecule has 1 fully saturated rings. The average Bonchev–Trinajstić information content (AvgIpc) is 2.41. The summed E-state index contributed by atoms with van der Waals surface area (Å²) < 4.78 is 5.19. The van der Waals surface area contributed by atoms with Crippen molar-refractivity contribution in [3.8, 4) is 0 Å². The fourth-order valence-corrected chi connectivity index (χ4v) is 2.07. The molecule has 0 bridgehead atoms. The van der Waals surface area contributed by atoms with E-state index in [-0.39, 0.29) is 5.91 Å². The van der Waals surface area contributed by atoms with Crippen LogP contribution in [0.25, 0.3) is 6.08 Å². The molecule has 1 aliphatic rings. The highest BCUT2D eigenvalue weighted by Gasteiger charge is 2.14. The molecule has 3 nitrogen and oxygen atoms in total. The van der Waals surface area contributed by atoms with Crippen LogP contribution in [-0.2, 0) is 9.53 Å². The summed E-state index contributed by atoms with van der Waals surface area (Å²) in [7, 11) is 0. The van der Waals surface area contributed by atoms with E-state index in [1.54, 1.807) is 23.1 Å². The Labute approximate surface area is 116 Å². The summed E-state index contributed by atoms with van der Waals surface area (Å²) in [5, 5.41) is 0.947. The highest BCUT2D eigenvalue weighted by molar-refractivity contribution is 6.42. The van der Waals surface area contributed by atoms with Crippen molar-refractivity contribution in [2.75, 3.05) is 26.3 Å². The molecular formula is C13H13Cl2NO2. The van der Waals surface area contributed by atoms with E-state index in [1.807, 2.05) is 6.07 Å². The molecule has 96 valence electrons. The van der Waals surface area contributed by atoms with Crippen LogP contribution in [0.15, 0.2) is 24.3 Å². The summed E-state index contributed by atoms with van der Waals surface area (Å²) in [6.45, 7) is 2.45. The monoisotopic (exact) mass is 285 g/mol. The second-order valence-electron chi connectivity index (χ2n) is 3.91. The first-order valence-electron chi connectivity index (χ1n) is 5.67. The number of ether oxygens (including phenoxy) is 1. The molecule has 0 saturated carbocycles. The van der Waals surface area contributed by atoms with Crippen LogP contribution in [0.1, 0.15) is 5.56 Å². The van der Waals surface area contributed by atoms with Gasteiger partial charge in [0.15, 0.2) is 0 Å². The van der Waals surface area contributed by atoms with Gasteiger partial charge in [-0.2, -0.15) is 0 Å². The highest BCUT2D eigenvalue weighted by Crippen LogP contribution is 2.26. The predicted molar refractivity (Wildman–Crippen MR) is 72.9 cm³/mol. The summed E-state index contributed by atoms with van der Waals surface area (Å²) >= 11 is 11.9. The topological polar surface area (TPSA) is 29.5 Å². The average molecular weight is 286 g/mol. The summed E-state index contributed by atoms with van der Waals surface area (Å²) in [5.41, 5.74) is 0.741. The third-order valence-corrected chi connectivity index (χ3v) is 3.54. The first kappa shape index (κ1) is 13.4. The van der Waals surface area contributed by atoms with Crippen molar-refractivity contribution >= 4 is 35.2 Å². The minimum Gasteiger partial charge on any atom is -0.378 e. The molecule has 0 radical (unpaired) electrons. The Morgan fingerprint density at radius 3 is 2.72 bits per heavy atom. The van der Waals surface area contributed by atoms with Gasteiger partial charge in [-0.05, 0) is 17.7 Å². The van der Waals surface area contributed by atoms with Gasteiger partial charge in [0.25, 0.3) is 0 Å². The molecule has 0 spiro atoms. The van der Waals surface area contributed by atoms with Crippen LogP contribution in [0.5, 0.6) is 0 Å². The Bertz CT molecular complexity index is 468. The van der Waals surface area contributed by atoms with E-state index < -0.39 is 0 Å². The summed E-state index contributed by atoms with van der Waals surface area (Å²) in [6, 6.07) is 5.33. The zero-order chi connectivity index (χ0) is 13.0. The van der Waals surface area contributed by atoms with Gasteiger partial charge < -0.3 is 9.64 Å². The molecule has 0 atom stereocenters. The zero-order valence-corrected chi connectivity index (χ0v) is 11.2. The Kier molecular flexibility index (Phi) is 4.64. The molecule has 1 aliphatic heterocycles. The van der Waals surface area contributed by atoms with Crippen LogP contribution in [0.4, 0.5) is 0 Å². The fourth-order valence-electron chi connectivity index (χ4n) is 1.70. The number of hydrogen-bond acceptors (Lipinski definition) is 2. The van der Waals surface area contributed by atoms with Crippen LogP contribution in [0.3, 0.4) is 0 Å². The van der Waals surface area contributed by atoms with Gasteiger partial charge in [-0.1, -0.05) is 35.3 Å². The maximum absolute atomic E-state index is 11.9. The van der Waals surface area contributed by atoms with E-state index in [2.05, 4.69) is 0 Å². The lowest BCUT2D eigenvalue weighted by Crippen LogP contribution is -2.39. The molecule has 5 heteroatoms. The molecule has 1 aromatic carbocycles. The quantitative estimate of drug-likeness (QED) is 0.782. The van der Waals surface area contributed by atoms with Gasteiger partial charge in [0.05, 0.1) is 23.3 Å². The fraction of sp³-hybridized carbons (Fsp3) is 0.308. The second-order valence-corrected chi connectivity index (χ2v) is 4.70. The predicted octanol–water partition coefficient (Wildman–Crippen LogP) is 2.87. The van der Waals surface area contributed by atoms with Gasteiger partial charge in [-0.25, -0.2) is 0 Å². The van der Waals surface area contributed by atoms with E-state index >= 15 is 0 Å². The lowest BCUT2D eigenvalue weighted by atomic mass is 10.2. The number of carbonyl (C=O) groups excluding carboxylic acids is 1. The van der Waals surface area contributed by atoms with Crippen LogP contribution in [-0.4, -0.2) is 37.1 Å². The number of nitrogens with zero attached hydrogens (tertiary/aromatic N) is 1. The van der Waals surface area contributed by atoms with Crippen LogP contribution >= 0.6 is 23.2 Å². The van der Waals surface area contributed by atoms with Gasteiger partial charge in [0.1, 0.15) is 0 Å². The Balaban J connectivity index is 2.05. The largest absolute Gasteiger partial charge is 0.378 e. The van der Waals surface area contributed by atoms with Crippen molar-refractivity contribution in [3.05, 3.63) is 39.9 Å². The lowest BCUT2D eigenvalue weighted by Gasteiger charge is -2.25. The number of hydrogen-bond donors (Lipinski definition) is 0. The molecule has 2 rings (SSSR count). The van der Waals surface area contributed by atoms with E-state index in [4.69, 9.17) is 27.9 Å². The zero-order valence-electron chi connectivity index (χ0n) is 9.73. The van der Waals surface area contributed by atoms with Crippen LogP contribution < -0.4 is 0 Å². The second kappa shape index (κ2) is 6.23. The standard InChI is InChI=1S/C13H13Cl2NO2/c14-11-3-1-2-10(13(11)15)4-5-12(17)16-6-8-18-9-7-16/h1-5H,6-9H2/b5-4+. The van der Waals surface area contributed by atoms with E-state index in [1.165, 1.54) is 6.08 Å². The summed E-state index contributed by atoms with van der Waals surface area (Å²) in [5.74, 6) is -0.0330. The molecule has 0 N–H and O–H groups in total. The van der Waals surface area contributed by atoms with Gasteiger partial charge in [-0.3, -0.25) is 4.79 Å². The smallest absolute Gasteiger partial charge is 0.246 e. The minimum absolute atomic E-state index is 0.0330. The van der Waals surface area contributed by atoms with Crippen LogP contribution in [0.2, 0.25) is 10.0 Å². The number of benzene rings is 1. The first-order chi connectivity index (χ1) is 8.68. The first-order valence-corrected chi connectivity index (χ1v) is 6.43. The SMILES string of the molecule is O=C(/C=C/c1cccc(Cl)c1Cl)N1CCOCC1. The molecule has 0 unspecified atom stereocenters. The maximum atomic E-state index is 11.9. The van der Waals surface area contributed by atoms with Gasteiger partial charge >= 0.3 is 0 Å². The van der Waals surface area contributed by atoms with E-state index in [9.17, 15) is 4.79 Å². The Morgan fingerprint density at radius 1 is 1.28 bits per heavy atom. The van der Waals surface area contributed by atoms with Crippen molar-refractivity contribution in [3.63, 3.8) is 0 Å². The number of rotatable bonds is 2. The van der Waals surface area contributed by atoms with Gasteiger partial charge in [-0.15, -0.1) is 0 Å².